The van der Waals surface area contributed by atoms with Gasteiger partial charge in [-0.2, -0.15) is 5.10 Å². The first kappa shape index (κ1) is 17.7. The van der Waals surface area contributed by atoms with Crippen molar-refractivity contribution >= 4 is 10.0 Å². The molecule has 0 fully saturated rings. The van der Waals surface area contributed by atoms with Gasteiger partial charge in [0.2, 0.25) is 10.0 Å². The fraction of sp³-hybridized carbons (Fsp3) is 0.471. The summed E-state index contributed by atoms with van der Waals surface area (Å²) in [6.07, 6.45) is 1.74. The van der Waals surface area contributed by atoms with Crippen molar-refractivity contribution in [3.8, 4) is 0 Å². The number of benzene rings is 1. The van der Waals surface area contributed by atoms with Gasteiger partial charge in [0, 0.05) is 23.8 Å². The fourth-order valence-electron chi connectivity index (χ4n) is 3.15. The minimum absolute atomic E-state index is 0.333. The predicted octanol–water partition coefficient (Wildman–Crippen LogP) is 3.18. The molecule has 0 bridgehead atoms. The SMILES string of the molecule is CCn1ncc(C(C)NS(=O)(=O)c2c(C)cc(C)cc2C)c1C. The molecule has 1 heterocycles. The number of sulfonamides is 1. The van der Waals surface area contributed by atoms with Crippen LogP contribution in [-0.2, 0) is 16.6 Å². The van der Waals surface area contributed by atoms with Crippen LogP contribution in [-0.4, -0.2) is 18.2 Å². The van der Waals surface area contributed by atoms with Gasteiger partial charge in [0.1, 0.15) is 0 Å². The monoisotopic (exact) mass is 335 g/mol. The van der Waals surface area contributed by atoms with Crippen LogP contribution in [0.4, 0.5) is 0 Å². The van der Waals surface area contributed by atoms with Gasteiger partial charge >= 0.3 is 0 Å². The normalized spacial score (nSPS) is 13.3. The van der Waals surface area contributed by atoms with Gasteiger partial charge in [0.25, 0.3) is 0 Å². The van der Waals surface area contributed by atoms with Crippen LogP contribution < -0.4 is 4.72 Å². The van der Waals surface area contributed by atoms with Crippen LogP contribution >= 0.6 is 0 Å². The first-order chi connectivity index (χ1) is 10.7. The maximum absolute atomic E-state index is 12.8. The summed E-state index contributed by atoms with van der Waals surface area (Å²) in [5.41, 5.74) is 4.48. The molecule has 23 heavy (non-hydrogen) atoms. The molecular formula is C17H25N3O2S. The van der Waals surface area contributed by atoms with Crippen molar-refractivity contribution in [3.05, 3.63) is 46.3 Å². The lowest BCUT2D eigenvalue weighted by molar-refractivity contribution is 0.564. The Morgan fingerprint density at radius 1 is 1.17 bits per heavy atom. The topological polar surface area (TPSA) is 64.0 Å². The average Bonchev–Trinajstić information content (AvgIpc) is 2.77. The molecule has 6 heteroatoms. The van der Waals surface area contributed by atoms with Crippen molar-refractivity contribution in [2.45, 2.75) is 59.0 Å². The third-order valence-electron chi connectivity index (χ3n) is 4.11. The summed E-state index contributed by atoms with van der Waals surface area (Å²) in [5, 5.41) is 4.29. The minimum atomic E-state index is -3.59. The van der Waals surface area contributed by atoms with Crippen LogP contribution in [0.2, 0.25) is 0 Å². The van der Waals surface area contributed by atoms with Crippen LogP contribution in [0.15, 0.2) is 23.2 Å². The van der Waals surface area contributed by atoms with E-state index in [9.17, 15) is 8.42 Å². The van der Waals surface area contributed by atoms with Gasteiger partial charge in [0.05, 0.1) is 11.1 Å². The number of rotatable bonds is 5. The van der Waals surface area contributed by atoms with Crippen molar-refractivity contribution in [1.29, 1.82) is 0 Å². The standard InChI is InChI=1S/C17H25N3O2S/c1-7-20-15(6)16(10-18-20)14(5)19-23(21,22)17-12(3)8-11(2)9-13(17)4/h8-10,14,19H,7H2,1-6H3. The molecule has 0 amide bonds. The van der Waals surface area contributed by atoms with Crippen molar-refractivity contribution in [3.63, 3.8) is 0 Å². The van der Waals surface area contributed by atoms with Crippen molar-refractivity contribution < 1.29 is 8.42 Å². The molecule has 0 saturated carbocycles. The molecule has 0 aliphatic rings. The first-order valence-corrected chi connectivity index (χ1v) is 9.28. The summed E-state index contributed by atoms with van der Waals surface area (Å²) in [7, 11) is -3.59. The van der Waals surface area contributed by atoms with Crippen molar-refractivity contribution in [1.82, 2.24) is 14.5 Å². The second-order valence-electron chi connectivity index (χ2n) is 6.07. The lowest BCUT2D eigenvalue weighted by atomic mass is 10.1. The van der Waals surface area contributed by atoms with Crippen LogP contribution in [0.5, 0.6) is 0 Å². The summed E-state index contributed by atoms with van der Waals surface area (Å²) in [6, 6.07) is 3.46. The van der Waals surface area contributed by atoms with Gasteiger partial charge < -0.3 is 0 Å². The van der Waals surface area contributed by atoms with Gasteiger partial charge in [0.15, 0.2) is 0 Å². The number of nitrogens with zero attached hydrogens (tertiary/aromatic N) is 2. The van der Waals surface area contributed by atoms with Crippen LogP contribution in [0.3, 0.4) is 0 Å². The highest BCUT2D eigenvalue weighted by atomic mass is 32.2. The van der Waals surface area contributed by atoms with E-state index in [2.05, 4.69) is 9.82 Å². The molecule has 0 saturated heterocycles. The zero-order chi connectivity index (χ0) is 17.4. The molecule has 0 radical (unpaired) electrons. The van der Waals surface area contributed by atoms with E-state index >= 15 is 0 Å². The van der Waals surface area contributed by atoms with E-state index in [4.69, 9.17) is 0 Å². The molecule has 0 aliphatic carbocycles. The largest absolute Gasteiger partial charge is 0.270 e. The molecule has 1 atom stereocenters. The molecule has 2 rings (SSSR count). The van der Waals surface area contributed by atoms with Crippen molar-refractivity contribution in [2.75, 3.05) is 0 Å². The Bertz CT molecular complexity index is 799. The van der Waals surface area contributed by atoms with Gasteiger partial charge in [-0.1, -0.05) is 17.7 Å². The molecule has 1 aromatic carbocycles. The third-order valence-corrected chi connectivity index (χ3v) is 5.96. The van der Waals surface area contributed by atoms with E-state index < -0.39 is 10.0 Å². The van der Waals surface area contributed by atoms with Crippen LogP contribution in [0.1, 0.15) is 47.8 Å². The predicted molar refractivity (Wildman–Crippen MR) is 92.0 cm³/mol. The summed E-state index contributed by atoms with van der Waals surface area (Å²) >= 11 is 0. The molecule has 1 unspecified atom stereocenters. The summed E-state index contributed by atoms with van der Waals surface area (Å²) < 4.78 is 30.3. The number of aromatic nitrogens is 2. The molecule has 0 spiro atoms. The van der Waals surface area contributed by atoms with Crippen LogP contribution in [0.25, 0.3) is 0 Å². The molecule has 126 valence electrons. The lowest BCUT2D eigenvalue weighted by Gasteiger charge is -2.17. The maximum Gasteiger partial charge on any atom is 0.241 e. The molecular weight excluding hydrogens is 310 g/mol. The molecule has 2 aromatic rings. The summed E-state index contributed by atoms with van der Waals surface area (Å²) in [6.45, 7) is 12.2. The number of aryl methyl sites for hydroxylation is 4. The minimum Gasteiger partial charge on any atom is -0.270 e. The summed E-state index contributed by atoms with van der Waals surface area (Å²) in [5.74, 6) is 0. The second-order valence-corrected chi connectivity index (χ2v) is 7.72. The lowest BCUT2D eigenvalue weighted by Crippen LogP contribution is -2.28. The van der Waals surface area contributed by atoms with Crippen LogP contribution in [0, 0.1) is 27.7 Å². The summed E-state index contributed by atoms with van der Waals surface area (Å²) in [4.78, 5) is 0.371. The number of hydrogen-bond donors (Lipinski definition) is 1. The van der Waals surface area contributed by atoms with E-state index in [-0.39, 0.29) is 6.04 Å². The molecule has 1 N–H and O–H groups in total. The highest BCUT2D eigenvalue weighted by Crippen LogP contribution is 2.25. The Morgan fingerprint density at radius 3 is 2.22 bits per heavy atom. The Kier molecular flexibility index (Phi) is 4.96. The number of hydrogen-bond acceptors (Lipinski definition) is 3. The molecule has 5 nitrogen and oxygen atoms in total. The second kappa shape index (κ2) is 6.45. The third kappa shape index (κ3) is 3.48. The Balaban J connectivity index is 2.36. The van der Waals surface area contributed by atoms with E-state index in [1.807, 2.05) is 58.4 Å². The van der Waals surface area contributed by atoms with E-state index in [0.717, 1.165) is 34.5 Å². The van der Waals surface area contributed by atoms with Gasteiger partial charge in [-0.15, -0.1) is 0 Å². The van der Waals surface area contributed by atoms with E-state index in [1.165, 1.54) is 0 Å². The quantitative estimate of drug-likeness (QED) is 0.913. The smallest absolute Gasteiger partial charge is 0.241 e. The first-order valence-electron chi connectivity index (χ1n) is 7.79. The van der Waals surface area contributed by atoms with Crippen molar-refractivity contribution in [2.24, 2.45) is 0 Å². The molecule has 0 aliphatic heterocycles. The van der Waals surface area contributed by atoms with E-state index in [0.29, 0.717) is 4.90 Å². The van der Waals surface area contributed by atoms with Gasteiger partial charge in [-0.3, -0.25) is 4.68 Å². The Hall–Kier alpha value is -1.66. The fourth-order valence-corrected chi connectivity index (χ4v) is 4.83. The van der Waals surface area contributed by atoms with Gasteiger partial charge in [-0.05, 0) is 52.7 Å². The zero-order valence-corrected chi connectivity index (χ0v) is 15.5. The highest BCUT2D eigenvalue weighted by Gasteiger charge is 2.24. The Labute approximate surface area is 138 Å². The average molecular weight is 335 g/mol. The van der Waals surface area contributed by atoms with Gasteiger partial charge in [-0.25, -0.2) is 13.1 Å². The zero-order valence-electron chi connectivity index (χ0n) is 14.6. The highest BCUT2D eigenvalue weighted by molar-refractivity contribution is 7.89. The molecule has 1 aromatic heterocycles. The number of nitrogens with one attached hydrogen (secondary N) is 1. The maximum atomic E-state index is 12.8. The van der Waals surface area contributed by atoms with E-state index in [1.54, 1.807) is 6.20 Å². The Morgan fingerprint density at radius 2 is 1.74 bits per heavy atom.